The molecule has 0 bridgehead atoms. The molecule has 2 unspecified atom stereocenters. The first-order valence-electron chi connectivity index (χ1n) is 5.53. The van der Waals surface area contributed by atoms with Crippen molar-refractivity contribution in [2.45, 2.75) is 18.6 Å². The maximum atomic E-state index is 11.8. The van der Waals surface area contributed by atoms with Crippen LogP contribution in [-0.2, 0) is 9.53 Å². The summed E-state index contributed by atoms with van der Waals surface area (Å²) in [6, 6.07) is 0.0629. The van der Waals surface area contributed by atoms with Crippen molar-refractivity contribution in [3.63, 3.8) is 0 Å². The molecular formula is C10H19N3O2. The fourth-order valence-corrected chi connectivity index (χ4v) is 2.31. The lowest BCUT2D eigenvalue weighted by Crippen LogP contribution is -2.52. The lowest BCUT2D eigenvalue weighted by molar-refractivity contribution is -0.133. The molecule has 5 nitrogen and oxygen atoms in total. The molecule has 0 radical (unpaired) electrons. The van der Waals surface area contributed by atoms with Gasteiger partial charge in [0.25, 0.3) is 0 Å². The first kappa shape index (κ1) is 10.9. The van der Waals surface area contributed by atoms with Crippen molar-refractivity contribution >= 4 is 5.91 Å². The van der Waals surface area contributed by atoms with E-state index in [0.717, 1.165) is 26.1 Å². The largest absolute Gasteiger partial charge is 0.374 e. The monoisotopic (exact) mass is 213 g/mol. The van der Waals surface area contributed by atoms with Crippen LogP contribution in [0.3, 0.4) is 0 Å². The number of hydrogen-bond acceptors (Lipinski definition) is 4. The van der Waals surface area contributed by atoms with Crippen LogP contribution in [0.5, 0.6) is 0 Å². The van der Waals surface area contributed by atoms with Crippen LogP contribution in [0, 0.1) is 0 Å². The normalized spacial score (nSPS) is 33.7. The molecule has 2 fully saturated rings. The number of rotatable bonds is 2. The molecule has 2 rings (SSSR count). The Morgan fingerprint density at radius 2 is 2.33 bits per heavy atom. The van der Waals surface area contributed by atoms with E-state index in [1.54, 1.807) is 4.90 Å². The predicted octanol–water partition coefficient (Wildman–Crippen LogP) is -1.12. The molecule has 2 heterocycles. The minimum absolute atomic E-state index is 0.0629. The van der Waals surface area contributed by atoms with Crippen molar-refractivity contribution in [3.05, 3.63) is 0 Å². The summed E-state index contributed by atoms with van der Waals surface area (Å²) in [7, 11) is 1.86. The van der Waals surface area contributed by atoms with Gasteiger partial charge in [-0.05, 0) is 6.42 Å². The van der Waals surface area contributed by atoms with Gasteiger partial charge in [0.05, 0.1) is 18.8 Å². The molecule has 2 saturated heterocycles. The van der Waals surface area contributed by atoms with E-state index in [4.69, 9.17) is 10.5 Å². The number of morpholine rings is 1. The summed E-state index contributed by atoms with van der Waals surface area (Å²) < 4.78 is 5.49. The van der Waals surface area contributed by atoms with Crippen molar-refractivity contribution in [2.24, 2.45) is 5.73 Å². The Morgan fingerprint density at radius 1 is 1.53 bits per heavy atom. The highest BCUT2D eigenvalue weighted by molar-refractivity contribution is 5.83. The quantitative estimate of drug-likeness (QED) is 0.631. The molecular weight excluding hydrogens is 194 g/mol. The second kappa shape index (κ2) is 4.47. The number of carbonyl (C=O) groups excluding carboxylic acids is 1. The van der Waals surface area contributed by atoms with Crippen LogP contribution in [0.15, 0.2) is 0 Å². The lowest BCUT2D eigenvalue weighted by Gasteiger charge is -2.35. The summed E-state index contributed by atoms with van der Waals surface area (Å²) in [5.41, 5.74) is 5.58. The molecule has 0 spiro atoms. The van der Waals surface area contributed by atoms with Gasteiger partial charge in [0.1, 0.15) is 0 Å². The van der Waals surface area contributed by atoms with Crippen LogP contribution in [0.4, 0.5) is 0 Å². The Balaban J connectivity index is 1.95. The van der Waals surface area contributed by atoms with Gasteiger partial charge in [0.2, 0.25) is 5.91 Å². The van der Waals surface area contributed by atoms with Crippen LogP contribution >= 0.6 is 0 Å². The Labute approximate surface area is 90.1 Å². The number of hydrogen-bond donors (Lipinski definition) is 1. The van der Waals surface area contributed by atoms with Crippen LogP contribution in [0.2, 0.25) is 0 Å². The minimum Gasteiger partial charge on any atom is -0.374 e. The van der Waals surface area contributed by atoms with Gasteiger partial charge in [0.15, 0.2) is 0 Å². The van der Waals surface area contributed by atoms with Crippen molar-refractivity contribution in [1.29, 1.82) is 0 Å². The fourth-order valence-electron chi connectivity index (χ4n) is 2.31. The molecule has 2 atom stereocenters. The summed E-state index contributed by atoms with van der Waals surface area (Å²) in [6.07, 6.45) is 1.03. The van der Waals surface area contributed by atoms with Crippen molar-refractivity contribution in [1.82, 2.24) is 9.80 Å². The number of likely N-dealkylation sites (tertiary alicyclic amines) is 1. The van der Waals surface area contributed by atoms with Crippen LogP contribution in [0.25, 0.3) is 0 Å². The SMILES string of the molecule is CN1CCC(N2CCOC(CN)C2)C1=O. The Hall–Kier alpha value is -0.650. The number of likely N-dealkylation sites (N-methyl/N-ethyl adjacent to an activating group) is 1. The lowest BCUT2D eigenvalue weighted by atomic mass is 10.1. The van der Waals surface area contributed by atoms with E-state index in [-0.39, 0.29) is 18.1 Å². The molecule has 86 valence electrons. The van der Waals surface area contributed by atoms with Gasteiger partial charge in [-0.1, -0.05) is 0 Å². The van der Waals surface area contributed by atoms with E-state index in [1.165, 1.54) is 0 Å². The van der Waals surface area contributed by atoms with E-state index in [0.29, 0.717) is 13.2 Å². The van der Waals surface area contributed by atoms with Gasteiger partial charge in [-0.15, -0.1) is 0 Å². The third-order valence-corrected chi connectivity index (χ3v) is 3.27. The maximum Gasteiger partial charge on any atom is 0.239 e. The van der Waals surface area contributed by atoms with Gasteiger partial charge in [-0.2, -0.15) is 0 Å². The topological polar surface area (TPSA) is 58.8 Å². The standard InChI is InChI=1S/C10H19N3O2/c1-12-3-2-9(10(12)14)13-4-5-15-8(6-11)7-13/h8-9H,2-7,11H2,1H3. The van der Waals surface area contributed by atoms with Crippen LogP contribution in [-0.4, -0.2) is 67.7 Å². The van der Waals surface area contributed by atoms with Gasteiger partial charge >= 0.3 is 0 Å². The number of ether oxygens (including phenoxy) is 1. The highest BCUT2D eigenvalue weighted by atomic mass is 16.5. The summed E-state index contributed by atoms with van der Waals surface area (Å²) in [6.45, 7) is 3.73. The molecule has 0 aromatic heterocycles. The fraction of sp³-hybridized carbons (Fsp3) is 0.900. The highest BCUT2D eigenvalue weighted by Crippen LogP contribution is 2.18. The summed E-state index contributed by atoms with van der Waals surface area (Å²) in [5.74, 6) is 0.243. The molecule has 0 aliphatic carbocycles. The van der Waals surface area contributed by atoms with E-state index < -0.39 is 0 Å². The second-order valence-electron chi connectivity index (χ2n) is 4.29. The zero-order valence-electron chi connectivity index (χ0n) is 9.19. The molecule has 2 N–H and O–H groups in total. The predicted molar refractivity (Wildman–Crippen MR) is 56.4 cm³/mol. The molecule has 0 aromatic carbocycles. The molecule has 2 aliphatic rings. The zero-order valence-corrected chi connectivity index (χ0v) is 9.19. The molecule has 15 heavy (non-hydrogen) atoms. The molecule has 5 heteroatoms. The summed E-state index contributed by atoms with van der Waals surface area (Å²) >= 11 is 0. The Kier molecular flexibility index (Phi) is 3.23. The maximum absolute atomic E-state index is 11.8. The number of nitrogens with zero attached hydrogens (tertiary/aromatic N) is 2. The average molecular weight is 213 g/mol. The molecule has 0 saturated carbocycles. The van der Waals surface area contributed by atoms with Crippen LogP contribution < -0.4 is 5.73 Å². The van der Waals surface area contributed by atoms with E-state index in [1.807, 2.05) is 7.05 Å². The van der Waals surface area contributed by atoms with E-state index >= 15 is 0 Å². The van der Waals surface area contributed by atoms with E-state index in [9.17, 15) is 4.79 Å². The molecule has 1 amide bonds. The third-order valence-electron chi connectivity index (χ3n) is 3.27. The van der Waals surface area contributed by atoms with Crippen molar-refractivity contribution in [3.8, 4) is 0 Å². The first-order valence-corrected chi connectivity index (χ1v) is 5.53. The summed E-state index contributed by atoms with van der Waals surface area (Å²) in [5, 5.41) is 0. The third kappa shape index (κ3) is 2.14. The Bertz CT molecular complexity index is 247. The molecule has 0 aromatic rings. The van der Waals surface area contributed by atoms with E-state index in [2.05, 4.69) is 4.90 Å². The van der Waals surface area contributed by atoms with Crippen molar-refractivity contribution in [2.75, 3.05) is 39.8 Å². The average Bonchev–Trinajstić information content (AvgIpc) is 2.60. The number of nitrogens with two attached hydrogens (primary N) is 1. The summed E-state index contributed by atoms with van der Waals surface area (Å²) in [4.78, 5) is 15.8. The van der Waals surface area contributed by atoms with Crippen molar-refractivity contribution < 1.29 is 9.53 Å². The second-order valence-corrected chi connectivity index (χ2v) is 4.29. The first-order chi connectivity index (χ1) is 7.22. The smallest absolute Gasteiger partial charge is 0.239 e. The van der Waals surface area contributed by atoms with Crippen LogP contribution in [0.1, 0.15) is 6.42 Å². The highest BCUT2D eigenvalue weighted by Gasteiger charge is 2.36. The number of carbonyl (C=O) groups is 1. The zero-order chi connectivity index (χ0) is 10.8. The van der Waals surface area contributed by atoms with Gasteiger partial charge in [-0.25, -0.2) is 0 Å². The number of amides is 1. The molecule has 2 aliphatic heterocycles. The van der Waals surface area contributed by atoms with Gasteiger partial charge in [0, 0.05) is 33.2 Å². The van der Waals surface area contributed by atoms with Gasteiger partial charge in [-0.3, -0.25) is 9.69 Å². The Morgan fingerprint density at radius 3 is 2.93 bits per heavy atom. The minimum atomic E-state index is 0.0629. The van der Waals surface area contributed by atoms with Gasteiger partial charge < -0.3 is 15.4 Å².